The van der Waals surface area contributed by atoms with Crippen molar-refractivity contribution in [1.29, 1.82) is 0 Å². The summed E-state index contributed by atoms with van der Waals surface area (Å²) in [7, 11) is 0. The Balaban J connectivity index is 1.29. The lowest BCUT2D eigenvalue weighted by Crippen LogP contribution is -2.47. The fraction of sp³-hybridized carbons (Fsp3) is 0.308. The highest BCUT2D eigenvalue weighted by Crippen LogP contribution is 2.32. The zero-order chi connectivity index (χ0) is 22.4. The Morgan fingerprint density at radius 1 is 1.18 bits per heavy atom. The number of aromatic nitrogens is 2. The second-order valence-corrected chi connectivity index (χ2v) is 9.95. The summed E-state index contributed by atoms with van der Waals surface area (Å²) in [5, 5.41) is 15.2. The number of rotatable bonds is 6. The zero-order valence-electron chi connectivity index (χ0n) is 18.8. The van der Waals surface area contributed by atoms with Gasteiger partial charge in [0.25, 0.3) is 0 Å². The molecule has 0 bridgehead atoms. The van der Waals surface area contributed by atoms with Gasteiger partial charge in [0.05, 0.1) is 12.4 Å². The van der Waals surface area contributed by atoms with Crippen LogP contribution >= 0.6 is 11.3 Å². The molecule has 1 aromatic carbocycles. The second kappa shape index (κ2) is 8.23. The first-order valence-electron chi connectivity index (χ1n) is 11.6. The Bertz CT molecular complexity index is 1410. The smallest absolute Gasteiger partial charge is 0.161 e. The van der Waals surface area contributed by atoms with Gasteiger partial charge in [-0.1, -0.05) is 42.5 Å². The van der Waals surface area contributed by atoms with Crippen LogP contribution in [0.2, 0.25) is 0 Å². The van der Waals surface area contributed by atoms with Crippen LogP contribution in [0, 0.1) is 5.92 Å². The van der Waals surface area contributed by atoms with E-state index < -0.39 is 0 Å². The minimum absolute atomic E-state index is 0.145. The van der Waals surface area contributed by atoms with Gasteiger partial charge in [0.15, 0.2) is 5.49 Å². The van der Waals surface area contributed by atoms with Crippen LogP contribution in [0.25, 0.3) is 15.9 Å². The first kappa shape index (κ1) is 20.3. The topological polar surface area (TPSA) is 66.3 Å². The third-order valence-electron chi connectivity index (χ3n) is 6.64. The van der Waals surface area contributed by atoms with Gasteiger partial charge in [-0.05, 0) is 48.9 Å². The van der Waals surface area contributed by atoms with Crippen LogP contribution < -0.4 is 26.8 Å². The molecule has 6 nitrogen and oxygen atoms in total. The summed E-state index contributed by atoms with van der Waals surface area (Å²) in [6.07, 6.45) is 13.7. The van der Waals surface area contributed by atoms with E-state index in [-0.39, 0.29) is 6.17 Å². The van der Waals surface area contributed by atoms with Gasteiger partial charge in [-0.3, -0.25) is 0 Å². The maximum atomic E-state index is 5.11. The first-order valence-corrected chi connectivity index (χ1v) is 12.5. The summed E-state index contributed by atoms with van der Waals surface area (Å²) >= 11 is 1.77. The van der Waals surface area contributed by atoms with E-state index in [1.165, 1.54) is 21.2 Å². The van der Waals surface area contributed by atoms with Crippen LogP contribution in [0.3, 0.4) is 0 Å². The summed E-state index contributed by atoms with van der Waals surface area (Å²) in [5.74, 6) is 1.42. The predicted octanol–water partition coefficient (Wildman–Crippen LogP) is 3.24. The highest BCUT2D eigenvalue weighted by molar-refractivity contribution is 7.17. The van der Waals surface area contributed by atoms with E-state index in [4.69, 9.17) is 9.98 Å². The normalized spacial score (nSPS) is 23.1. The number of fused-ring (bicyclic) bond motifs is 3. The molecule has 0 amide bonds. The van der Waals surface area contributed by atoms with Crippen LogP contribution in [-0.4, -0.2) is 22.1 Å². The van der Waals surface area contributed by atoms with Gasteiger partial charge in [0.2, 0.25) is 0 Å². The molecule has 3 atom stereocenters. The maximum Gasteiger partial charge on any atom is 0.161 e. The fourth-order valence-electron chi connectivity index (χ4n) is 4.88. The van der Waals surface area contributed by atoms with Gasteiger partial charge in [-0.2, -0.15) is 0 Å². The van der Waals surface area contributed by atoms with Crippen molar-refractivity contribution in [3.63, 3.8) is 0 Å². The molecule has 3 aliphatic rings. The number of benzene rings is 1. The Morgan fingerprint density at radius 3 is 2.97 bits per heavy atom. The van der Waals surface area contributed by atoms with Crippen molar-refractivity contribution in [2.45, 2.75) is 38.5 Å². The second-order valence-electron chi connectivity index (χ2n) is 9.04. The highest BCUT2D eigenvalue weighted by atomic mass is 32.1. The number of nitrogens with zero attached hydrogens (tertiary/aromatic N) is 3. The third-order valence-corrected chi connectivity index (χ3v) is 7.62. The summed E-state index contributed by atoms with van der Waals surface area (Å²) in [4.78, 5) is 9.82. The fourth-order valence-corrected chi connectivity index (χ4v) is 5.86. The van der Waals surface area contributed by atoms with Crippen LogP contribution in [0.1, 0.15) is 38.0 Å². The van der Waals surface area contributed by atoms with E-state index in [1.807, 2.05) is 6.33 Å². The SMILES string of the molecule is CC(C)n1cnc2c1=NC(c1csc3ccccc13)NC=2NCCC1=CNC2C=CC=CC12. The molecule has 0 saturated heterocycles. The van der Waals surface area contributed by atoms with E-state index in [0.717, 1.165) is 29.6 Å². The van der Waals surface area contributed by atoms with Gasteiger partial charge < -0.3 is 20.5 Å². The lowest BCUT2D eigenvalue weighted by Gasteiger charge is -2.23. The van der Waals surface area contributed by atoms with E-state index >= 15 is 0 Å². The minimum atomic E-state index is -0.145. The standard InChI is InChI=1S/C26H28N6S/c1-16(2)32-15-29-23-25(27-12-11-17-13-28-21-9-5-3-7-18(17)21)30-24(31-26(23)32)20-14-33-22-10-6-4-8-19(20)22/h3-10,13-16,18,21,24,27-28,30H,11-12H2,1-2H3. The van der Waals surface area contributed by atoms with Crippen LogP contribution in [-0.2, 0) is 0 Å². The summed E-state index contributed by atoms with van der Waals surface area (Å²) in [6, 6.07) is 9.23. The molecule has 0 saturated carbocycles. The largest absolute Gasteiger partial charge is 0.384 e. The van der Waals surface area contributed by atoms with E-state index in [0.29, 0.717) is 18.0 Å². The highest BCUT2D eigenvalue weighted by Gasteiger charge is 2.27. The maximum absolute atomic E-state index is 5.11. The van der Waals surface area contributed by atoms with E-state index in [1.54, 1.807) is 11.3 Å². The molecule has 1 aliphatic carbocycles. The zero-order valence-corrected chi connectivity index (χ0v) is 19.6. The van der Waals surface area contributed by atoms with Crippen molar-refractivity contribution in [3.05, 3.63) is 88.5 Å². The molecule has 4 heterocycles. The van der Waals surface area contributed by atoms with Crippen molar-refractivity contribution in [3.8, 4) is 0 Å². The minimum Gasteiger partial charge on any atom is -0.384 e. The van der Waals surface area contributed by atoms with Gasteiger partial charge in [-0.15, -0.1) is 11.3 Å². The van der Waals surface area contributed by atoms with Gasteiger partial charge in [-0.25, -0.2) is 9.98 Å². The number of allylic oxidation sites excluding steroid dienone is 2. The van der Waals surface area contributed by atoms with Crippen molar-refractivity contribution in [2.75, 3.05) is 6.54 Å². The summed E-state index contributed by atoms with van der Waals surface area (Å²) in [6.45, 7) is 5.18. The van der Waals surface area contributed by atoms with Crippen LogP contribution in [0.4, 0.5) is 0 Å². The molecule has 0 radical (unpaired) electrons. The Labute approximate surface area is 197 Å². The molecule has 3 unspecified atom stereocenters. The molecule has 0 fully saturated rings. The van der Waals surface area contributed by atoms with Crippen LogP contribution in [0.15, 0.2) is 77.0 Å². The number of hydrogen-bond acceptors (Lipinski definition) is 6. The molecule has 0 spiro atoms. The average Bonchev–Trinajstić information content (AvgIpc) is 3.55. The Kier molecular flexibility index (Phi) is 5.06. The molecule has 2 aromatic heterocycles. The molecule has 3 N–H and O–H groups in total. The average molecular weight is 457 g/mol. The monoisotopic (exact) mass is 456 g/mol. The molecular formula is C26H28N6S. The number of thiophene rings is 1. The van der Waals surface area contributed by atoms with Crippen molar-refractivity contribution >= 4 is 27.2 Å². The lowest BCUT2D eigenvalue weighted by atomic mass is 9.90. The number of imidazole rings is 1. The van der Waals surface area contributed by atoms with Gasteiger partial charge >= 0.3 is 0 Å². The molecule has 33 heavy (non-hydrogen) atoms. The molecule has 3 aromatic rings. The summed E-state index contributed by atoms with van der Waals surface area (Å²) < 4.78 is 3.44. The van der Waals surface area contributed by atoms with Crippen molar-refractivity contribution in [2.24, 2.45) is 10.9 Å². The van der Waals surface area contributed by atoms with Crippen molar-refractivity contribution < 1.29 is 0 Å². The predicted molar refractivity (Wildman–Crippen MR) is 134 cm³/mol. The number of hydrogen-bond donors (Lipinski definition) is 3. The number of nitrogens with one attached hydrogen (secondary N) is 3. The van der Waals surface area contributed by atoms with Gasteiger partial charge in [0, 0.05) is 28.8 Å². The lowest BCUT2D eigenvalue weighted by molar-refractivity contribution is 0.535. The van der Waals surface area contributed by atoms with Crippen molar-refractivity contribution in [1.82, 2.24) is 25.5 Å². The van der Waals surface area contributed by atoms with E-state index in [9.17, 15) is 0 Å². The summed E-state index contributed by atoms with van der Waals surface area (Å²) in [5.41, 5.74) is 3.58. The Morgan fingerprint density at radius 2 is 2.06 bits per heavy atom. The van der Waals surface area contributed by atoms with E-state index in [2.05, 4.69) is 94.5 Å². The Hall–Kier alpha value is -3.32. The first-order chi connectivity index (χ1) is 16.2. The molecule has 168 valence electrons. The third kappa shape index (κ3) is 3.56. The van der Waals surface area contributed by atoms with Gasteiger partial charge in [0.1, 0.15) is 17.3 Å². The van der Waals surface area contributed by atoms with Crippen LogP contribution in [0.5, 0.6) is 0 Å². The molecular weight excluding hydrogens is 428 g/mol. The molecule has 6 rings (SSSR count). The molecule has 2 aliphatic heterocycles. The quantitative estimate of drug-likeness (QED) is 0.533. The molecule has 7 heteroatoms.